The molecule has 108 valence electrons. The summed E-state index contributed by atoms with van der Waals surface area (Å²) < 4.78 is 5.27. The van der Waals surface area contributed by atoms with Crippen LogP contribution in [0.2, 0.25) is 0 Å². The second-order valence-electron chi connectivity index (χ2n) is 4.91. The highest BCUT2D eigenvalue weighted by Gasteiger charge is 2.14. The molecule has 1 unspecified atom stereocenters. The van der Waals surface area contributed by atoms with E-state index in [-0.39, 0.29) is 6.10 Å². The van der Waals surface area contributed by atoms with Crippen molar-refractivity contribution in [1.29, 1.82) is 0 Å². The first-order valence-electron chi connectivity index (χ1n) is 7.12. The molecule has 0 radical (unpaired) electrons. The molecule has 0 aliphatic carbocycles. The maximum Gasteiger partial charge on any atom is 0.0791 e. The number of nitrogens with zero attached hydrogens (tertiary/aromatic N) is 1. The summed E-state index contributed by atoms with van der Waals surface area (Å²) in [5, 5.41) is 21.8. The molecule has 1 rings (SSSR count). The maximum atomic E-state index is 9.86. The molecule has 1 saturated heterocycles. The minimum absolute atomic E-state index is 0.291. The van der Waals surface area contributed by atoms with Crippen molar-refractivity contribution in [3.05, 3.63) is 0 Å². The Bertz CT molecular complexity index is 187. The second-order valence-corrected chi connectivity index (χ2v) is 4.91. The topological polar surface area (TPSA) is 65.0 Å². The summed E-state index contributed by atoms with van der Waals surface area (Å²) in [5.74, 6) is 0. The SMILES string of the molecule is OCCCCCCNCC(O)CN1CCOCC1. The van der Waals surface area contributed by atoms with E-state index in [1.807, 2.05) is 0 Å². The molecule has 1 aliphatic rings. The number of morpholine rings is 1. The van der Waals surface area contributed by atoms with Crippen LogP contribution in [-0.2, 0) is 4.74 Å². The number of β-amino-alcohol motifs (C(OH)–C–C–N with tert-alkyl or cyclic N) is 1. The van der Waals surface area contributed by atoms with Gasteiger partial charge in [0.2, 0.25) is 0 Å². The molecule has 1 heterocycles. The molecular weight excluding hydrogens is 232 g/mol. The Labute approximate surface area is 110 Å². The van der Waals surface area contributed by atoms with E-state index in [1.165, 1.54) is 0 Å². The van der Waals surface area contributed by atoms with Gasteiger partial charge in [-0.15, -0.1) is 0 Å². The smallest absolute Gasteiger partial charge is 0.0791 e. The fourth-order valence-corrected chi connectivity index (χ4v) is 2.13. The van der Waals surface area contributed by atoms with Gasteiger partial charge in [0.25, 0.3) is 0 Å². The lowest BCUT2D eigenvalue weighted by atomic mass is 10.2. The maximum absolute atomic E-state index is 9.86. The lowest BCUT2D eigenvalue weighted by Gasteiger charge is -2.28. The van der Waals surface area contributed by atoms with Crippen LogP contribution in [0.4, 0.5) is 0 Å². The van der Waals surface area contributed by atoms with Crippen molar-refractivity contribution in [2.75, 3.05) is 52.5 Å². The minimum atomic E-state index is -0.291. The lowest BCUT2D eigenvalue weighted by molar-refractivity contribution is 0.0149. The number of hydrogen-bond acceptors (Lipinski definition) is 5. The van der Waals surface area contributed by atoms with Gasteiger partial charge in [-0.2, -0.15) is 0 Å². The third kappa shape index (κ3) is 8.00. The van der Waals surface area contributed by atoms with E-state index in [9.17, 15) is 5.11 Å². The number of unbranched alkanes of at least 4 members (excludes halogenated alkanes) is 3. The fraction of sp³-hybridized carbons (Fsp3) is 1.00. The van der Waals surface area contributed by atoms with Crippen LogP contribution in [0.1, 0.15) is 25.7 Å². The van der Waals surface area contributed by atoms with E-state index in [0.29, 0.717) is 13.2 Å². The molecule has 0 aromatic carbocycles. The van der Waals surface area contributed by atoms with E-state index in [2.05, 4.69) is 10.2 Å². The van der Waals surface area contributed by atoms with Gasteiger partial charge < -0.3 is 20.3 Å². The molecule has 0 aromatic rings. The van der Waals surface area contributed by atoms with Gasteiger partial charge in [0.05, 0.1) is 19.3 Å². The molecular formula is C13H28N2O3. The third-order valence-corrected chi connectivity index (χ3v) is 3.21. The van der Waals surface area contributed by atoms with E-state index in [1.54, 1.807) is 0 Å². The average Bonchev–Trinajstić information content (AvgIpc) is 2.39. The van der Waals surface area contributed by atoms with E-state index in [0.717, 1.165) is 65.1 Å². The molecule has 1 atom stereocenters. The van der Waals surface area contributed by atoms with Crippen molar-refractivity contribution in [2.45, 2.75) is 31.8 Å². The number of aliphatic hydroxyl groups is 2. The van der Waals surface area contributed by atoms with Crippen molar-refractivity contribution < 1.29 is 14.9 Å². The Hall–Kier alpha value is -0.200. The first kappa shape index (κ1) is 15.9. The van der Waals surface area contributed by atoms with E-state index < -0.39 is 0 Å². The van der Waals surface area contributed by atoms with Crippen LogP contribution >= 0.6 is 0 Å². The Morgan fingerprint density at radius 1 is 1.11 bits per heavy atom. The van der Waals surface area contributed by atoms with Crippen molar-refractivity contribution in [1.82, 2.24) is 10.2 Å². The summed E-state index contributed by atoms with van der Waals surface area (Å²) in [6.45, 7) is 6.07. The van der Waals surface area contributed by atoms with Gasteiger partial charge in [-0.25, -0.2) is 0 Å². The monoisotopic (exact) mass is 260 g/mol. The summed E-state index contributed by atoms with van der Waals surface area (Å²) in [4.78, 5) is 2.25. The van der Waals surface area contributed by atoms with Gasteiger partial charge >= 0.3 is 0 Å². The van der Waals surface area contributed by atoms with Gasteiger partial charge in [-0.1, -0.05) is 12.8 Å². The van der Waals surface area contributed by atoms with Gasteiger partial charge in [0.1, 0.15) is 0 Å². The summed E-state index contributed by atoms with van der Waals surface area (Å²) in [6.07, 6.45) is 3.96. The summed E-state index contributed by atoms with van der Waals surface area (Å²) >= 11 is 0. The van der Waals surface area contributed by atoms with Gasteiger partial charge in [-0.05, 0) is 19.4 Å². The molecule has 5 nitrogen and oxygen atoms in total. The normalized spacial score (nSPS) is 19.0. The van der Waals surface area contributed by atoms with Crippen molar-refractivity contribution >= 4 is 0 Å². The predicted octanol–water partition coefficient (Wildman–Crippen LogP) is -0.178. The van der Waals surface area contributed by atoms with Gasteiger partial charge in [-0.3, -0.25) is 4.90 Å². The van der Waals surface area contributed by atoms with Crippen LogP contribution in [0.25, 0.3) is 0 Å². The largest absolute Gasteiger partial charge is 0.396 e. The molecule has 1 fully saturated rings. The minimum Gasteiger partial charge on any atom is -0.396 e. The van der Waals surface area contributed by atoms with Gasteiger partial charge in [0.15, 0.2) is 0 Å². The second kappa shape index (κ2) is 10.7. The molecule has 5 heteroatoms. The van der Waals surface area contributed by atoms with Crippen LogP contribution in [0.15, 0.2) is 0 Å². The quantitative estimate of drug-likeness (QED) is 0.476. The molecule has 3 N–H and O–H groups in total. The molecule has 0 bridgehead atoms. The molecule has 0 saturated carbocycles. The van der Waals surface area contributed by atoms with E-state index >= 15 is 0 Å². The fourth-order valence-electron chi connectivity index (χ4n) is 2.13. The first-order chi connectivity index (χ1) is 8.83. The van der Waals surface area contributed by atoms with Crippen LogP contribution in [0, 0.1) is 0 Å². The van der Waals surface area contributed by atoms with Crippen molar-refractivity contribution in [3.63, 3.8) is 0 Å². The summed E-state index contributed by atoms with van der Waals surface area (Å²) in [6, 6.07) is 0. The zero-order valence-electron chi connectivity index (χ0n) is 11.3. The van der Waals surface area contributed by atoms with Gasteiger partial charge in [0, 0.05) is 32.8 Å². The Morgan fingerprint density at radius 3 is 2.56 bits per heavy atom. The average molecular weight is 260 g/mol. The predicted molar refractivity (Wildman–Crippen MR) is 71.7 cm³/mol. The number of nitrogens with one attached hydrogen (secondary N) is 1. The first-order valence-corrected chi connectivity index (χ1v) is 7.12. The summed E-state index contributed by atoms with van der Waals surface area (Å²) in [7, 11) is 0. The molecule has 0 aromatic heterocycles. The summed E-state index contributed by atoms with van der Waals surface area (Å²) in [5.41, 5.74) is 0. The standard InChI is InChI=1S/C13H28N2O3/c16-8-4-2-1-3-5-14-11-13(17)12-15-6-9-18-10-7-15/h13-14,16-17H,1-12H2. The number of aliphatic hydroxyl groups excluding tert-OH is 2. The number of rotatable bonds is 10. The van der Waals surface area contributed by atoms with Crippen LogP contribution < -0.4 is 5.32 Å². The highest BCUT2D eigenvalue weighted by Crippen LogP contribution is 1.99. The Kier molecular flexibility index (Phi) is 9.42. The molecule has 0 spiro atoms. The Morgan fingerprint density at radius 2 is 1.83 bits per heavy atom. The third-order valence-electron chi connectivity index (χ3n) is 3.21. The van der Waals surface area contributed by atoms with Crippen LogP contribution in [0.3, 0.4) is 0 Å². The lowest BCUT2D eigenvalue weighted by Crippen LogP contribution is -2.43. The molecule has 1 aliphatic heterocycles. The van der Waals surface area contributed by atoms with Crippen molar-refractivity contribution in [2.24, 2.45) is 0 Å². The number of ether oxygens (including phenoxy) is 1. The highest BCUT2D eigenvalue weighted by molar-refractivity contribution is 4.69. The zero-order valence-corrected chi connectivity index (χ0v) is 11.3. The molecule has 0 amide bonds. The Balaban J connectivity index is 1.88. The number of hydrogen-bond donors (Lipinski definition) is 3. The van der Waals surface area contributed by atoms with E-state index in [4.69, 9.17) is 9.84 Å². The zero-order chi connectivity index (χ0) is 13.1. The van der Waals surface area contributed by atoms with Crippen LogP contribution in [-0.4, -0.2) is 73.8 Å². The molecule has 18 heavy (non-hydrogen) atoms. The highest BCUT2D eigenvalue weighted by atomic mass is 16.5. The van der Waals surface area contributed by atoms with Crippen LogP contribution in [0.5, 0.6) is 0 Å². The van der Waals surface area contributed by atoms with Crippen molar-refractivity contribution in [3.8, 4) is 0 Å².